The lowest BCUT2D eigenvalue weighted by atomic mass is 9.93. The maximum atomic E-state index is 13.5. The molecule has 30 heavy (non-hydrogen) atoms. The Kier molecular flexibility index (Phi) is 5.16. The first kappa shape index (κ1) is 19.5. The van der Waals surface area contributed by atoms with Crippen molar-refractivity contribution >= 4 is 34.5 Å². The lowest BCUT2D eigenvalue weighted by Crippen LogP contribution is -2.47. The van der Waals surface area contributed by atoms with E-state index in [4.69, 9.17) is 0 Å². The standard InChI is InChI=1S/C23H21FN2O2S2/c24-16-5-3-15(4-6-16)22-18-10-13-30-19(18)9-11-25(22)21(27)14-26(17-7-8-17)23(28)20-2-1-12-29-20/h1-6,10,12-13,17,22H,7-9,11,14H2. The topological polar surface area (TPSA) is 40.6 Å². The van der Waals surface area contributed by atoms with Gasteiger partial charge in [0.1, 0.15) is 12.4 Å². The van der Waals surface area contributed by atoms with Crippen LogP contribution in [0.1, 0.15) is 44.6 Å². The molecule has 0 N–H and O–H groups in total. The van der Waals surface area contributed by atoms with Crippen molar-refractivity contribution < 1.29 is 14.0 Å². The molecule has 1 fully saturated rings. The van der Waals surface area contributed by atoms with E-state index >= 15 is 0 Å². The molecule has 7 heteroatoms. The highest BCUT2D eigenvalue weighted by Crippen LogP contribution is 2.38. The summed E-state index contributed by atoms with van der Waals surface area (Å²) in [6.07, 6.45) is 2.69. The van der Waals surface area contributed by atoms with Crippen LogP contribution in [0.2, 0.25) is 0 Å². The van der Waals surface area contributed by atoms with Gasteiger partial charge in [0, 0.05) is 17.5 Å². The van der Waals surface area contributed by atoms with E-state index in [-0.39, 0.29) is 36.3 Å². The molecule has 0 saturated heterocycles. The molecule has 1 aromatic carbocycles. The van der Waals surface area contributed by atoms with Gasteiger partial charge in [-0.2, -0.15) is 0 Å². The van der Waals surface area contributed by atoms with Crippen molar-refractivity contribution in [1.82, 2.24) is 9.80 Å². The molecule has 1 unspecified atom stereocenters. The number of benzene rings is 1. The Morgan fingerprint density at radius 2 is 1.87 bits per heavy atom. The summed E-state index contributed by atoms with van der Waals surface area (Å²) < 4.78 is 13.5. The number of amides is 2. The van der Waals surface area contributed by atoms with Gasteiger partial charge in [-0.3, -0.25) is 9.59 Å². The summed E-state index contributed by atoms with van der Waals surface area (Å²) in [7, 11) is 0. The largest absolute Gasteiger partial charge is 0.330 e. The van der Waals surface area contributed by atoms with Gasteiger partial charge in [0.25, 0.3) is 5.91 Å². The summed E-state index contributed by atoms with van der Waals surface area (Å²) in [5, 5.41) is 3.93. The number of carbonyl (C=O) groups excluding carboxylic acids is 2. The Balaban J connectivity index is 1.43. The van der Waals surface area contributed by atoms with E-state index in [1.807, 2.05) is 27.8 Å². The Morgan fingerprint density at radius 3 is 2.57 bits per heavy atom. The van der Waals surface area contributed by atoms with E-state index < -0.39 is 0 Å². The molecular weight excluding hydrogens is 419 g/mol. The van der Waals surface area contributed by atoms with E-state index in [1.54, 1.807) is 28.4 Å². The highest BCUT2D eigenvalue weighted by Gasteiger charge is 2.38. The molecule has 2 aromatic heterocycles. The molecule has 4 nitrogen and oxygen atoms in total. The molecule has 2 aliphatic rings. The van der Waals surface area contributed by atoms with Crippen LogP contribution in [-0.4, -0.2) is 40.7 Å². The maximum absolute atomic E-state index is 13.5. The fourth-order valence-corrected chi connectivity index (χ4v) is 5.70. The van der Waals surface area contributed by atoms with Crippen molar-refractivity contribution in [2.45, 2.75) is 31.3 Å². The summed E-state index contributed by atoms with van der Waals surface area (Å²) >= 11 is 3.11. The third kappa shape index (κ3) is 3.68. The number of carbonyl (C=O) groups is 2. The highest BCUT2D eigenvalue weighted by molar-refractivity contribution is 7.12. The second kappa shape index (κ2) is 7.96. The average Bonchev–Trinajstić information content (AvgIpc) is 3.24. The second-order valence-corrected chi connectivity index (χ2v) is 9.68. The van der Waals surface area contributed by atoms with Gasteiger partial charge in [-0.1, -0.05) is 18.2 Å². The highest BCUT2D eigenvalue weighted by atomic mass is 32.1. The van der Waals surface area contributed by atoms with Crippen molar-refractivity contribution in [3.05, 3.63) is 79.9 Å². The van der Waals surface area contributed by atoms with Crippen LogP contribution in [0.25, 0.3) is 0 Å². The molecule has 3 aromatic rings. The van der Waals surface area contributed by atoms with Crippen molar-refractivity contribution in [3.8, 4) is 0 Å². The van der Waals surface area contributed by atoms with Crippen molar-refractivity contribution in [2.75, 3.05) is 13.1 Å². The second-order valence-electron chi connectivity index (χ2n) is 7.73. The van der Waals surface area contributed by atoms with Gasteiger partial charge in [-0.25, -0.2) is 4.39 Å². The Hall–Kier alpha value is -2.51. The van der Waals surface area contributed by atoms with Gasteiger partial charge in [0.05, 0.1) is 10.9 Å². The third-order valence-electron chi connectivity index (χ3n) is 5.76. The molecule has 1 aliphatic heterocycles. The van der Waals surface area contributed by atoms with Crippen LogP contribution in [0.4, 0.5) is 4.39 Å². The first-order chi connectivity index (χ1) is 14.6. The van der Waals surface area contributed by atoms with Gasteiger partial charge < -0.3 is 9.80 Å². The van der Waals surface area contributed by atoms with E-state index in [1.165, 1.54) is 28.3 Å². The van der Waals surface area contributed by atoms with Crippen molar-refractivity contribution in [1.29, 1.82) is 0 Å². The summed E-state index contributed by atoms with van der Waals surface area (Å²) in [4.78, 5) is 32.0. The van der Waals surface area contributed by atoms with E-state index in [0.717, 1.165) is 30.4 Å². The van der Waals surface area contributed by atoms with Crippen LogP contribution in [0.3, 0.4) is 0 Å². The minimum absolute atomic E-state index is 0.0574. The summed E-state index contributed by atoms with van der Waals surface area (Å²) in [5.74, 6) is -0.412. The smallest absolute Gasteiger partial charge is 0.264 e. The number of hydrogen-bond acceptors (Lipinski definition) is 4. The van der Waals surface area contributed by atoms with E-state index in [0.29, 0.717) is 11.4 Å². The van der Waals surface area contributed by atoms with Gasteiger partial charge in [-0.15, -0.1) is 22.7 Å². The summed E-state index contributed by atoms with van der Waals surface area (Å²) in [6.45, 7) is 0.679. The van der Waals surface area contributed by atoms with Crippen molar-refractivity contribution in [2.24, 2.45) is 0 Å². The fourth-order valence-electron chi connectivity index (χ4n) is 4.12. The predicted molar refractivity (Wildman–Crippen MR) is 116 cm³/mol. The fraction of sp³-hybridized carbons (Fsp3) is 0.304. The van der Waals surface area contributed by atoms with Crippen LogP contribution >= 0.6 is 22.7 Å². The number of rotatable bonds is 5. The molecule has 0 radical (unpaired) electrons. The molecule has 1 saturated carbocycles. The molecule has 1 atom stereocenters. The maximum Gasteiger partial charge on any atom is 0.264 e. The van der Waals surface area contributed by atoms with Gasteiger partial charge in [-0.05, 0) is 65.4 Å². The zero-order chi connectivity index (χ0) is 20.7. The molecular formula is C23H21FN2O2S2. The molecule has 5 rings (SSSR count). The SMILES string of the molecule is O=C(c1cccs1)N(CC(=O)N1CCc2sccc2C1c1ccc(F)cc1)C1CC1. The molecule has 2 amide bonds. The monoisotopic (exact) mass is 440 g/mol. The number of fused-ring (bicyclic) bond motifs is 1. The summed E-state index contributed by atoms with van der Waals surface area (Å²) in [6, 6.07) is 12.0. The zero-order valence-corrected chi connectivity index (χ0v) is 17.9. The van der Waals surface area contributed by atoms with Gasteiger partial charge in [0.15, 0.2) is 0 Å². The quantitative estimate of drug-likeness (QED) is 0.576. The number of thiophene rings is 2. The van der Waals surface area contributed by atoms with Crippen LogP contribution in [0, 0.1) is 5.82 Å². The third-order valence-corrected chi connectivity index (χ3v) is 7.61. The minimum Gasteiger partial charge on any atom is -0.330 e. The number of hydrogen-bond donors (Lipinski definition) is 0. The number of halogens is 1. The minimum atomic E-state index is -0.292. The number of nitrogens with zero attached hydrogens (tertiary/aromatic N) is 2. The molecule has 1 aliphatic carbocycles. The normalized spacial score (nSPS) is 18.2. The average molecular weight is 441 g/mol. The van der Waals surface area contributed by atoms with Crippen LogP contribution in [0.5, 0.6) is 0 Å². The summed E-state index contributed by atoms with van der Waals surface area (Å²) in [5.41, 5.74) is 2.00. The van der Waals surface area contributed by atoms with Crippen LogP contribution < -0.4 is 0 Å². The van der Waals surface area contributed by atoms with Gasteiger partial charge >= 0.3 is 0 Å². The predicted octanol–water partition coefficient (Wildman–Crippen LogP) is 4.73. The first-order valence-corrected chi connectivity index (χ1v) is 11.8. The molecule has 154 valence electrons. The van der Waals surface area contributed by atoms with Crippen molar-refractivity contribution in [3.63, 3.8) is 0 Å². The first-order valence-electron chi connectivity index (χ1n) is 10.1. The Bertz CT molecular complexity index is 1060. The van der Waals surface area contributed by atoms with E-state index in [2.05, 4.69) is 6.07 Å². The molecule has 3 heterocycles. The lowest BCUT2D eigenvalue weighted by molar-refractivity contribution is -0.134. The molecule has 0 bridgehead atoms. The van der Waals surface area contributed by atoms with E-state index in [9.17, 15) is 14.0 Å². The Morgan fingerprint density at radius 1 is 1.07 bits per heavy atom. The Labute approximate surface area is 182 Å². The van der Waals surface area contributed by atoms with Crippen LogP contribution in [0.15, 0.2) is 53.2 Å². The van der Waals surface area contributed by atoms with Gasteiger partial charge in [0.2, 0.25) is 5.91 Å². The lowest BCUT2D eigenvalue weighted by Gasteiger charge is -2.37. The molecule has 0 spiro atoms. The van der Waals surface area contributed by atoms with Crippen LogP contribution in [-0.2, 0) is 11.2 Å². The zero-order valence-electron chi connectivity index (χ0n) is 16.3.